The summed E-state index contributed by atoms with van der Waals surface area (Å²) in [6.07, 6.45) is 0. The molecule has 0 aliphatic carbocycles. The normalized spacial score (nSPS) is 12.3. The number of benzene rings is 4. The molecule has 3 N–H and O–H groups in total. The molecule has 0 saturated carbocycles. The minimum Gasteiger partial charge on any atom is -0.506 e. The number of hydrogen-bond donors (Lipinski definition) is 3. The molecule has 0 aromatic heterocycles. The van der Waals surface area contributed by atoms with E-state index < -0.39 is 20.1 Å². The van der Waals surface area contributed by atoms with Gasteiger partial charge < -0.3 is 5.11 Å². The van der Waals surface area contributed by atoms with Gasteiger partial charge in [0, 0.05) is 11.1 Å². The summed E-state index contributed by atoms with van der Waals surface area (Å²) in [6, 6.07) is 19.6. The molecule has 0 saturated heterocycles. The fraction of sp³-hybridized carbons (Fsp3) is 0.0435. The minimum absolute atomic E-state index is 0.0211. The van der Waals surface area contributed by atoms with Crippen molar-refractivity contribution in [1.82, 2.24) is 0 Å². The lowest BCUT2D eigenvalue weighted by Gasteiger charge is -2.11. The van der Waals surface area contributed by atoms with E-state index in [0.717, 1.165) is 0 Å². The summed E-state index contributed by atoms with van der Waals surface area (Å²) >= 11 is 0. The van der Waals surface area contributed by atoms with E-state index >= 15 is 0 Å². The van der Waals surface area contributed by atoms with Gasteiger partial charge in [0.1, 0.15) is 11.4 Å². The van der Waals surface area contributed by atoms with Gasteiger partial charge in [0.25, 0.3) is 20.1 Å². The summed E-state index contributed by atoms with van der Waals surface area (Å²) in [6.45, 7) is 1.66. The lowest BCUT2D eigenvalue weighted by molar-refractivity contribution is 0.477. The summed E-state index contributed by atoms with van der Waals surface area (Å²) in [7, 11) is -8.29. The van der Waals surface area contributed by atoms with E-state index in [2.05, 4.69) is 15.0 Å². The lowest BCUT2D eigenvalue weighted by atomic mass is 10.1. The predicted octanol–water partition coefficient (Wildman–Crippen LogP) is 5.32. The fourth-order valence-corrected chi connectivity index (χ4v) is 5.15. The van der Waals surface area contributed by atoms with Crippen molar-refractivity contribution in [2.45, 2.75) is 16.7 Å². The van der Waals surface area contributed by atoms with Crippen molar-refractivity contribution in [3.8, 4) is 5.75 Å². The second-order valence-electron chi connectivity index (χ2n) is 7.41. The van der Waals surface area contributed by atoms with Gasteiger partial charge in [-0.2, -0.15) is 13.5 Å². The zero-order chi connectivity index (χ0) is 24.5. The average molecular weight is 498 g/mol. The van der Waals surface area contributed by atoms with E-state index in [1.165, 1.54) is 36.4 Å². The van der Waals surface area contributed by atoms with E-state index in [0.29, 0.717) is 22.0 Å². The molecule has 0 aliphatic rings. The zero-order valence-corrected chi connectivity index (χ0v) is 19.4. The first-order valence-electron chi connectivity index (χ1n) is 9.88. The summed E-state index contributed by atoms with van der Waals surface area (Å²) in [4.78, 5) is -0.277. The molecule has 4 aromatic rings. The first kappa shape index (κ1) is 23.4. The molecule has 0 unspecified atom stereocenters. The van der Waals surface area contributed by atoms with Crippen LogP contribution in [0.1, 0.15) is 5.56 Å². The van der Waals surface area contributed by atoms with Gasteiger partial charge in [-0.3, -0.25) is 9.27 Å². The van der Waals surface area contributed by atoms with Crippen molar-refractivity contribution in [1.29, 1.82) is 0 Å². The Labute approximate surface area is 196 Å². The highest BCUT2D eigenvalue weighted by molar-refractivity contribution is 7.92. The smallest absolute Gasteiger partial charge is 0.294 e. The molecule has 4 aromatic carbocycles. The SMILES string of the molecule is Cc1ccc(N=Nc2c(O)ccc3cc(S(=O)(=O)O)ccc23)cc1S(=O)(=O)Nc1ccccc1. The number of phenols is 1. The Morgan fingerprint density at radius 1 is 0.824 bits per heavy atom. The van der Waals surface area contributed by atoms with Crippen molar-refractivity contribution in [3.05, 3.63) is 84.4 Å². The highest BCUT2D eigenvalue weighted by Gasteiger charge is 2.18. The number of aryl methyl sites for hydroxylation is 1. The molecule has 4 rings (SSSR count). The Kier molecular flexibility index (Phi) is 6.09. The first-order valence-corrected chi connectivity index (χ1v) is 12.8. The molecular formula is C23H19N3O6S2. The van der Waals surface area contributed by atoms with Crippen LogP contribution in [0.25, 0.3) is 10.8 Å². The van der Waals surface area contributed by atoms with Crippen LogP contribution in [0.15, 0.2) is 98.9 Å². The number of hydrogen-bond acceptors (Lipinski definition) is 7. The van der Waals surface area contributed by atoms with Crippen LogP contribution < -0.4 is 4.72 Å². The molecule has 0 bridgehead atoms. The third-order valence-electron chi connectivity index (χ3n) is 4.99. The van der Waals surface area contributed by atoms with Crippen molar-refractivity contribution in [2.24, 2.45) is 10.2 Å². The van der Waals surface area contributed by atoms with Gasteiger partial charge in [-0.25, -0.2) is 8.42 Å². The second kappa shape index (κ2) is 8.86. The third-order valence-corrected chi connectivity index (χ3v) is 7.37. The van der Waals surface area contributed by atoms with Gasteiger partial charge in [0.2, 0.25) is 0 Å². The number of fused-ring (bicyclic) bond motifs is 1. The van der Waals surface area contributed by atoms with Crippen LogP contribution in [0, 0.1) is 6.92 Å². The second-order valence-corrected chi connectivity index (χ2v) is 10.5. The minimum atomic E-state index is -4.40. The monoisotopic (exact) mass is 497 g/mol. The fourth-order valence-electron chi connectivity index (χ4n) is 3.31. The van der Waals surface area contributed by atoms with Crippen molar-refractivity contribution in [2.75, 3.05) is 4.72 Å². The average Bonchev–Trinajstić information content (AvgIpc) is 2.78. The number of sulfonamides is 1. The Balaban J connectivity index is 1.72. The van der Waals surface area contributed by atoms with Gasteiger partial charge in [-0.05, 0) is 60.3 Å². The van der Waals surface area contributed by atoms with Crippen LogP contribution in [-0.4, -0.2) is 26.5 Å². The number of anilines is 1. The molecule has 0 atom stereocenters. The van der Waals surface area contributed by atoms with E-state index in [4.69, 9.17) is 0 Å². The molecular weight excluding hydrogens is 478 g/mol. The summed E-state index contributed by atoms with van der Waals surface area (Å²) < 4.78 is 60.4. The standard InChI is InChI=1S/C23H19N3O6S2/c1-15-7-9-18(14-22(15)33(28,29)26-17-5-3-2-4-6-17)24-25-23-20-11-10-19(34(30,31)32)13-16(20)8-12-21(23)27/h2-14,26-27H,1H3,(H,30,31,32). The Morgan fingerprint density at radius 3 is 2.26 bits per heavy atom. The van der Waals surface area contributed by atoms with Crippen LogP contribution in [0.3, 0.4) is 0 Å². The summed E-state index contributed by atoms with van der Waals surface area (Å²) in [5, 5.41) is 19.2. The van der Waals surface area contributed by atoms with Gasteiger partial charge >= 0.3 is 0 Å². The quantitative estimate of drug-likeness (QED) is 0.243. The summed E-state index contributed by atoms with van der Waals surface area (Å²) in [5.41, 5.74) is 1.21. The van der Waals surface area contributed by atoms with Crippen LogP contribution in [0.2, 0.25) is 0 Å². The number of phenolic OH excluding ortho intramolecular Hbond substituents is 1. The lowest BCUT2D eigenvalue weighted by Crippen LogP contribution is -2.14. The maximum Gasteiger partial charge on any atom is 0.294 e. The van der Waals surface area contributed by atoms with Gasteiger partial charge in [0.15, 0.2) is 0 Å². The van der Waals surface area contributed by atoms with Gasteiger partial charge in [-0.1, -0.05) is 36.4 Å². The molecule has 0 spiro atoms. The summed E-state index contributed by atoms with van der Waals surface area (Å²) in [5.74, 6) is -0.207. The van der Waals surface area contributed by atoms with Crippen molar-refractivity contribution in [3.63, 3.8) is 0 Å². The molecule has 0 radical (unpaired) electrons. The maximum atomic E-state index is 12.9. The van der Waals surface area contributed by atoms with Crippen molar-refractivity contribution < 1.29 is 26.5 Å². The highest BCUT2D eigenvalue weighted by atomic mass is 32.2. The van der Waals surface area contributed by atoms with E-state index in [1.54, 1.807) is 49.4 Å². The van der Waals surface area contributed by atoms with Gasteiger partial charge in [0.05, 0.1) is 15.5 Å². The molecule has 0 aliphatic heterocycles. The molecule has 11 heteroatoms. The largest absolute Gasteiger partial charge is 0.506 e. The zero-order valence-electron chi connectivity index (χ0n) is 17.7. The first-order chi connectivity index (χ1) is 16.0. The Morgan fingerprint density at radius 2 is 1.56 bits per heavy atom. The topological polar surface area (TPSA) is 145 Å². The molecule has 9 nitrogen and oxygen atoms in total. The number of nitrogens with zero attached hydrogens (tertiary/aromatic N) is 2. The molecule has 174 valence electrons. The number of aromatic hydroxyl groups is 1. The van der Waals surface area contributed by atoms with Crippen molar-refractivity contribution >= 4 is 48.0 Å². The number of para-hydroxylation sites is 1. The van der Waals surface area contributed by atoms with E-state index in [9.17, 15) is 26.5 Å². The van der Waals surface area contributed by atoms with E-state index in [-0.39, 0.29) is 26.9 Å². The van der Waals surface area contributed by atoms with Crippen LogP contribution in [0.4, 0.5) is 17.1 Å². The number of nitrogens with one attached hydrogen (secondary N) is 1. The Bertz CT molecular complexity index is 1630. The molecule has 0 amide bonds. The Hall–Kier alpha value is -3.80. The van der Waals surface area contributed by atoms with Crippen LogP contribution in [-0.2, 0) is 20.1 Å². The maximum absolute atomic E-state index is 12.9. The van der Waals surface area contributed by atoms with Crippen LogP contribution >= 0.6 is 0 Å². The number of rotatable bonds is 6. The number of azo groups is 1. The molecule has 0 heterocycles. The van der Waals surface area contributed by atoms with E-state index in [1.807, 2.05) is 0 Å². The molecule has 34 heavy (non-hydrogen) atoms. The highest BCUT2D eigenvalue weighted by Crippen LogP contribution is 2.37. The third kappa shape index (κ3) is 4.91. The predicted molar refractivity (Wildman–Crippen MR) is 128 cm³/mol. The molecule has 0 fully saturated rings. The van der Waals surface area contributed by atoms with Crippen LogP contribution in [0.5, 0.6) is 5.75 Å². The van der Waals surface area contributed by atoms with Gasteiger partial charge in [-0.15, -0.1) is 5.11 Å².